The molecule has 0 spiro atoms. The van der Waals surface area contributed by atoms with Crippen molar-refractivity contribution in [3.63, 3.8) is 0 Å². The number of sulfonamides is 1. The molecule has 0 saturated carbocycles. The van der Waals surface area contributed by atoms with E-state index in [1.807, 2.05) is 41.0 Å². The molecule has 0 bridgehead atoms. The smallest absolute Gasteiger partial charge is 0.381 e. The Hall–Kier alpha value is -4.02. The van der Waals surface area contributed by atoms with Crippen molar-refractivity contribution in [3.8, 4) is 11.3 Å². The number of anilines is 1. The Morgan fingerprint density at radius 3 is 2.37 bits per heavy atom. The van der Waals surface area contributed by atoms with Gasteiger partial charge >= 0.3 is 6.18 Å². The maximum absolute atomic E-state index is 13.4. The van der Waals surface area contributed by atoms with E-state index < -0.39 is 37.8 Å². The van der Waals surface area contributed by atoms with E-state index in [2.05, 4.69) is 15.0 Å². The number of alkyl halides is 3. The summed E-state index contributed by atoms with van der Waals surface area (Å²) < 4.78 is 103. The third-order valence-corrected chi connectivity index (χ3v) is 10.5. The van der Waals surface area contributed by atoms with E-state index in [9.17, 15) is 30.0 Å². The number of nitrogens with zero attached hydrogens (tertiary/aromatic N) is 5. The fourth-order valence-corrected chi connectivity index (χ4v) is 8.27. The Kier molecular flexibility index (Phi) is 8.09. The van der Waals surface area contributed by atoms with Crippen LogP contribution in [0.4, 0.5) is 18.9 Å². The normalized spacial score (nSPS) is 15.9. The number of rotatable bonds is 8. The highest BCUT2D eigenvalue weighted by molar-refractivity contribution is 7.92. The number of sulfone groups is 1. The number of hydrogen-bond acceptors (Lipinski definition) is 8. The van der Waals surface area contributed by atoms with Crippen molar-refractivity contribution in [2.75, 3.05) is 29.9 Å². The molecule has 1 saturated heterocycles. The standard InChI is InChI=1S/C30H31F3N6O5S2/c1-18-27(38(2)37-35-18)21-15-23-26(34-16-21)25-22(36-46(42,43)17-30(31,32)33)9-10-24(45(3,40)41)29(25)39(23)28(19-7-5-4-6-8-19)20-11-13-44-14-12-20/h4-10,15-16,20,28,36H,11-14,17H2,1-3H3/t28-/m1/s1. The highest BCUT2D eigenvalue weighted by atomic mass is 32.2. The lowest BCUT2D eigenvalue weighted by molar-refractivity contribution is -0.106. The second kappa shape index (κ2) is 11.7. The van der Waals surface area contributed by atoms with Gasteiger partial charge in [-0.2, -0.15) is 13.2 Å². The number of nitrogens with one attached hydrogen (secondary N) is 1. The van der Waals surface area contributed by atoms with E-state index in [4.69, 9.17) is 9.72 Å². The van der Waals surface area contributed by atoms with Crippen LogP contribution in [0.25, 0.3) is 33.2 Å². The van der Waals surface area contributed by atoms with E-state index in [1.165, 1.54) is 18.3 Å². The molecule has 4 heterocycles. The maximum atomic E-state index is 13.4. The van der Waals surface area contributed by atoms with Gasteiger partial charge in [0.25, 0.3) is 0 Å². The van der Waals surface area contributed by atoms with Crippen molar-refractivity contribution in [1.82, 2.24) is 24.5 Å². The second-order valence-electron chi connectivity index (χ2n) is 11.5. The van der Waals surface area contributed by atoms with Crippen molar-refractivity contribution in [2.45, 2.75) is 36.9 Å². The van der Waals surface area contributed by atoms with Crippen LogP contribution in [0.3, 0.4) is 0 Å². The van der Waals surface area contributed by atoms with Gasteiger partial charge in [0.2, 0.25) is 10.0 Å². The first-order chi connectivity index (χ1) is 21.6. The lowest BCUT2D eigenvalue weighted by atomic mass is 9.86. The van der Waals surface area contributed by atoms with Gasteiger partial charge in [-0.25, -0.2) is 21.5 Å². The average Bonchev–Trinajstić information content (AvgIpc) is 3.48. The molecule has 6 rings (SSSR count). The van der Waals surface area contributed by atoms with Crippen molar-refractivity contribution in [3.05, 3.63) is 66.0 Å². The van der Waals surface area contributed by atoms with Crippen LogP contribution in [0.2, 0.25) is 0 Å². The third kappa shape index (κ3) is 6.08. The molecule has 0 unspecified atom stereocenters. The van der Waals surface area contributed by atoms with Gasteiger partial charge in [-0.05, 0) is 49.4 Å². The molecule has 46 heavy (non-hydrogen) atoms. The summed E-state index contributed by atoms with van der Waals surface area (Å²) in [6, 6.07) is 13.2. The van der Waals surface area contributed by atoms with Crippen molar-refractivity contribution in [2.24, 2.45) is 13.0 Å². The van der Waals surface area contributed by atoms with Gasteiger partial charge in [-0.15, -0.1) is 5.10 Å². The van der Waals surface area contributed by atoms with E-state index in [-0.39, 0.29) is 32.9 Å². The van der Waals surface area contributed by atoms with Gasteiger partial charge in [0.05, 0.1) is 49.9 Å². The number of halogens is 3. The number of aromatic nitrogens is 5. The molecular weight excluding hydrogens is 645 g/mol. The molecule has 1 aliphatic rings. The first kappa shape index (κ1) is 31.9. The largest absolute Gasteiger partial charge is 0.404 e. The van der Waals surface area contributed by atoms with Crippen LogP contribution in [-0.4, -0.2) is 72.8 Å². The fraction of sp³-hybridized carbons (Fsp3) is 0.367. The van der Waals surface area contributed by atoms with Crippen LogP contribution in [0, 0.1) is 12.8 Å². The summed E-state index contributed by atoms with van der Waals surface area (Å²) in [4.78, 5) is 4.59. The van der Waals surface area contributed by atoms with Gasteiger partial charge in [0, 0.05) is 38.3 Å². The summed E-state index contributed by atoms with van der Waals surface area (Å²) in [5.74, 6) is -2.16. The quantitative estimate of drug-likeness (QED) is 0.242. The number of benzene rings is 2. The van der Waals surface area contributed by atoms with E-state index in [0.717, 1.165) is 11.8 Å². The molecule has 0 amide bonds. The number of aryl methyl sites for hydroxylation is 2. The molecular formula is C30H31F3N6O5S2. The van der Waals surface area contributed by atoms with E-state index >= 15 is 0 Å². The highest BCUT2D eigenvalue weighted by Gasteiger charge is 2.37. The average molecular weight is 677 g/mol. The molecule has 2 aromatic carbocycles. The predicted molar refractivity (Wildman–Crippen MR) is 167 cm³/mol. The van der Waals surface area contributed by atoms with Crippen molar-refractivity contribution < 1.29 is 34.7 Å². The zero-order valence-electron chi connectivity index (χ0n) is 25.1. The van der Waals surface area contributed by atoms with Crippen LogP contribution < -0.4 is 4.72 Å². The molecule has 3 aromatic heterocycles. The van der Waals surface area contributed by atoms with Gasteiger partial charge in [0.15, 0.2) is 15.6 Å². The lowest BCUT2D eigenvalue weighted by Crippen LogP contribution is -2.28. The van der Waals surface area contributed by atoms with E-state index in [0.29, 0.717) is 48.5 Å². The number of ether oxygens (including phenoxy) is 1. The fourth-order valence-electron chi connectivity index (χ4n) is 6.39. The second-order valence-corrected chi connectivity index (χ2v) is 15.2. The van der Waals surface area contributed by atoms with Gasteiger partial charge in [0.1, 0.15) is 0 Å². The zero-order valence-corrected chi connectivity index (χ0v) is 26.7. The van der Waals surface area contributed by atoms with Crippen LogP contribution in [-0.2, 0) is 31.6 Å². The molecule has 11 nitrogen and oxygen atoms in total. The summed E-state index contributed by atoms with van der Waals surface area (Å²) in [7, 11) is -7.17. The maximum Gasteiger partial charge on any atom is 0.404 e. The number of pyridine rings is 1. The first-order valence-electron chi connectivity index (χ1n) is 14.4. The Labute approximate surface area is 263 Å². The third-order valence-electron chi connectivity index (χ3n) is 8.16. The molecule has 1 atom stereocenters. The van der Waals surface area contributed by atoms with Crippen LogP contribution in [0.5, 0.6) is 0 Å². The van der Waals surface area contributed by atoms with Gasteiger partial charge in [-0.3, -0.25) is 9.71 Å². The number of fused-ring (bicyclic) bond motifs is 3. The summed E-state index contributed by atoms with van der Waals surface area (Å²) in [5.41, 5.74) is 3.34. The monoisotopic (exact) mass is 676 g/mol. The minimum Gasteiger partial charge on any atom is -0.381 e. The topological polar surface area (TPSA) is 138 Å². The molecule has 1 fully saturated rings. The van der Waals surface area contributed by atoms with Gasteiger partial charge < -0.3 is 9.30 Å². The molecule has 244 valence electrons. The molecule has 1 N–H and O–H groups in total. The van der Waals surface area contributed by atoms with Crippen LogP contribution in [0.1, 0.15) is 30.1 Å². The molecule has 16 heteroatoms. The van der Waals surface area contributed by atoms with Crippen LogP contribution >= 0.6 is 0 Å². The summed E-state index contributed by atoms with van der Waals surface area (Å²) >= 11 is 0. The Morgan fingerprint density at radius 1 is 1.07 bits per heavy atom. The highest BCUT2D eigenvalue weighted by Crippen LogP contribution is 2.45. The molecule has 0 radical (unpaired) electrons. The van der Waals surface area contributed by atoms with E-state index in [1.54, 1.807) is 18.7 Å². The summed E-state index contributed by atoms with van der Waals surface area (Å²) in [6.45, 7) is 2.75. The Morgan fingerprint density at radius 2 is 1.76 bits per heavy atom. The molecule has 0 aliphatic carbocycles. The SMILES string of the molecule is Cc1nnn(C)c1-c1cnc2c3c(NS(=O)(=O)CC(F)(F)F)ccc(S(C)(=O)=O)c3n([C@H](c3ccccc3)C3CCOCC3)c2c1. The molecule has 1 aliphatic heterocycles. The van der Waals surface area contributed by atoms with Gasteiger partial charge in [-0.1, -0.05) is 35.5 Å². The Bertz CT molecular complexity index is 2140. The summed E-state index contributed by atoms with van der Waals surface area (Å²) in [6.07, 6.45) is -1.15. The molecule has 5 aromatic rings. The minimum absolute atomic E-state index is 0.0447. The predicted octanol–water partition coefficient (Wildman–Crippen LogP) is 5.02. The Balaban J connectivity index is 1.76. The van der Waals surface area contributed by atoms with Crippen LogP contribution in [0.15, 0.2) is 59.6 Å². The first-order valence-corrected chi connectivity index (χ1v) is 17.9. The summed E-state index contributed by atoms with van der Waals surface area (Å²) in [5, 5.41) is 8.31. The zero-order chi connectivity index (χ0) is 33.0. The lowest BCUT2D eigenvalue weighted by Gasteiger charge is -2.33. The van der Waals surface area contributed by atoms with Crippen molar-refractivity contribution in [1.29, 1.82) is 0 Å². The van der Waals surface area contributed by atoms with Crippen molar-refractivity contribution >= 4 is 47.5 Å². The number of hydrogen-bond donors (Lipinski definition) is 1. The minimum atomic E-state index is -5.00.